The van der Waals surface area contributed by atoms with Crippen LogP contribution in [0.2, 0.25) is 0 Å². The van der Waals surface area contributed by atoms with Crippen molar-refractivity contribution >= 4 is 0 Å². The van der Waals surface area contributed by atoms with Crippen LogP contribution in [0.4, 0.5) is 0 Å². The SMILES string of the molecule is CN[C@@H](c1ccccc1)[C@@H](C)CN1CCOCC1. The largest absolute Gasteiger partial charge is 0.379 e. The number of benzene rings is 1. The molecule has 0 amide bonds. The average molecular weight is 248 g/mol. The van der Waals surface area contributed by atoms with E-state index in [0.717, 1.165) is 32.8 Å². The first-order chi connectivity index (χ1) is 8.81. The lowest BCUT2D eigenvalue weighted by Crippen LogP contribution is -2.41. The molecule has 3 heteroatoms. The van der Waals surface area contributed by atoms with Crippen LogP contribution in [-0.2, 0) is 4.74 Å². The Morgan fingerprint density at radius 2 is 1.89 bits per heavy atom. The molecule has 1 aromatic rings. The maximum absolute atomic E-state index is 5.40. The molecule has 0 aromatic heterocycles. The normalized spacial score (nSPS) is 20.6. The second-order valence-corrected chi connectivity index (χ2v) is 5.07. The third kappa shape index (κ3) is 3.55. The van der Waals surface area contributed by atoms with Crippen LogP contribution < -0.4 is 5.32 Å². The molecule has 1 fully saturated rings. The van der Waals surface area contributed by atoms with Crippen LogP contribution in [0.15, 0.2) is 30.3 Å². The lowest BCUT2D eigenvalue weighted by atomic mass is 9.94. The smallest absolute Gasteiger partial charge is 0.0594 e. The van der Waals surface area contributed by atoms with E-state index in [4.69, 9.17) is 4.74 Å². The first-order valence-corrected chi connectivity index (χ1v) is 6.83. The Kier molecular flexibility index (Phi) is 5.17. The minimum absolute atomic E-state index is 0.425. The highest BCUT2D eigenvalue weighted by molar-refractivity contribution is 5.19. The van der Waals surface area contributed by atoms with Gasteiger partial charge in [-0.1, -0.05) is 37.3 Å². The molecule has 2 atom stereocenters. The molecular formula is C15H24N2O. The van der Waals surface area contributed by atoms with E-state index in [1.807, 2.05) is 7.05 Å². The van der Waals surface area contributed by atoms with Gasteiger partial charge in [0.25, 0.3) is 0 Å². The van der Waals surface area contributed by atoms with Gasteiger partial charge >= 0.3 is 0 Å². The Bertz CT molecular complexity index is 336. The second kappa shape index (κ2) is 6.88. The standard InChI is InChI=1S/C15H24N2O/c1-13(12-17-8-10-18-11-9-17)15(16-2)14-6-4-3-5-7-14/h3-7,13,15-16H,8-12H2,1-2H3/t13-,15+/m0/s1. The monoisotopic (exact) mass is 248 g/mol. The quantitative estimate of drug-likeness (QED) is 0.861. The molecule has 1 heterocycles. The molecule has 0 bridgehead atoms. The zero-order valence-electron chi connectivity index (χ0n) is 11.4. The van der Waals surface area contributed by atoms with Crippen LogP contribution in [0.3, 0.4) is 0 Å². The van der Waals surface area contributed by atoms with Crippen LogP contribution in [-0.4, -0.2) is 44.8 Å². The van der Waals surface area contributed by atoms with Crippen molar-refractivity contribution in [2.45, 2.75) is 13.0 Å². The summed E-state index contributed by atoms with van der Waals surface area (Å²) in [6.07, 6.45) is 0. The van der Waals surface area contributed by atoms with Crippen LogP contribution in [0.5, 0.6) is 0 Å². The zero-order valence-corrected chi connectivity index (χ0v) is 11.4. The van der Waals surface area contributed by atoms with E-state index in [-0.39, 0.29) is 0 Å². The Hall–Kier alpha value is -0.900. The van der Waals surface area contributed by atoms with Gasteiger partial charge in [-0.05, 0) is 18.5 Å². The van der Waals surface area contributed by atoms with E-state index in [1.165, 1.54) is 5.56 Å². The lowest BCUT2D eigenvalue weighted by molar-refractivity contribution is 0.0293. The second-order valence-electron chi connectivity index (χ2n) is 5.07. The van der Waals surface area contributed by atoms with Crippen LogP contribution in [0.25, 0.3) is 0 Å². The minimum atomic E-state index is 0.425. The van der Waals surface area contributed by atoms with Crippen molar-refractivity contribution < 1.29 is 4.74 Å². The zero-order chi connectivity index (χ0) is 12.8. The fraction of sp³-hybridized carbons (Fsp3) is 0.600. The van der Waals surface area contributed by atoms with Crippen molar-refractivity contribution in [1.82, 2.24) is 10.2 Å². The van der Waals surface area contributed by atoms with Gasteiger partial charge in [0, 0.05) is 25.7 Å². The Morgan fingerprint density at radius 1 is 1.22 bits per heavy atom. The molecule has 0 aliphatic carbocycles. The molecular weight excluding hydrogens is 224 g/mol. The minimum Gasteiger partial charge on any atom is -0.379 e. The van der Waals surface area contributed by atoms with Gasteiger partial charge < -0.3 is 10.1 Å². The van der Waals surface area contributed by atoms with Crippen LogP contribution in [0, 0.1) is 5.92 Å². The summed E-state index contributed by atoms with van der Waals surface area (Å²) in [7, 11) is 2.05. The Morgan fingerprint density at radius 3 is 2.50 bits per heavy atom. The predicted molar refractivity (Wildman–Crippen MR) is 74.7 cm³/mol. The highest BCUT2D eigenvalue weighted by Gasteiger charge is 2.21. The molecule has 1 aromatic carbocycles. The molecule has 0 spiro atoms. The maximum atomic E-state index is 5.40. The van der Waals surface area contributed by atoms with Gasteiger partial charge in [0.05, 0.1) is 13.2 Å². The van der Waals surface area contributed by atoms with Crippen LogP contribution >= 0.6 is 0 Å². The van der Waals surface area contributed by atoms with Gasteiger partial charge in [0.2, 0.25) is 0 Å². The number of nitrogens with one attached hydrogen (secondary N) is 1. The molecule has 1 aliphatic rings. The fourth-order valence-corrected chi connectivity index (χ4v) is 2.74. The van der Waals surface area contributed by atoms with Crippen molar-refractivity contribution in [2.75, 3.05) is 39.9 Å². The summed E-state index contributed by atoms with van der Waals surface area (Å²) in [6.45, 7) is 7.34. The maximum Gasteiger partial charge on any atom is 0.0594 e. The molecule has 18 heavy (non-hydrogen) atoms. The molecule has 0 saturated carbocycles. The molecule has 3 nitrogen and oxygen atoms in total. The van der Waals surface area contributed by atoms with Crippen molar-refractivity contribution in [3.05, 3.63) is 35.9 Å². The summed E-state index contributed by atoms with van der Waals surface area (Å²) in [5, 5.41) is 3.45. The van der Waals surface area contributed by atoms with Crippen molar-refractivity contribution in [1.29, 1.82) is 0 Å². The molecule has 1 aliphatic heterocycles. The van der Waals surface area contributed by atoms with Gasteiger partial charge in [-0.25, -0.2) is 0 Å². The van der Waals surface area contributed by atoms with Gasteiger partial charge in [0.15, 0.2) is 0 Å². The topological polar surface area (TPSA) is 24.5 Å². The van der Waals surface area contributed by atoms with E-state index >= 15 is 0 Å². The molecule has 0 radical (unpaired) electrons. The lowest BCUT2D eigenvalue weighted by Gasteiger charge is -2.32. The van der Waals surface area contributed by atoms with Crippen LogP contribution in [0.1, 0.15) is 18.5 Å². The van der Waals surface area contributed by atoms with E-state index in [2.05, 4.69) is 47.5 Å². The summed E-state index contributed by atoms with van der Waals surface area (Å²) in [4.78, 5) is 2.50. The number of nitrogens with zero attached hydrogens (tertiary/aromatic N) is 1. The summed E-state index contributed by atoms with van der Waals surface area (Å²) >= 11 is 0. The third-order valence-corrected chi connectivity index (χ3v) is 3.69. The van der Waals surface area contributed by atoms with Crippen molar-refractivity contribution in [2.24, 2.45) is 5.92 Å². The molecule has 100 valence electrons. The molecule has 2 rings (SSSR count). The fourth-order valence-electron chi connectivity index (χ4n) is 2.74. The summed E-state index contributed by atoms with van der Waals surface area (Å²) in [6, 6.07) is 11.1. The van der Waals surface area contributed by atoms with Gasteiger partial charge in [-0.2, -0.15) is 0 Å². The molecule has 1 N–H and O–H groups in total. The number of ether oxygens (including phenoxy) is 1. The highest BCUT2D eigenvalue weighted by atomic mass is 16.5. The number of hydrogen-bond acceptors (Lipinski definition) is 3. The van der Waals surface area contributed by atoms with Gasteiger partial charge in [-0.3, -0.25) is 4.90 Å². The predicted octanol–water partition coefficient (Wildman–Crippen LogP) is 1.92. The van der Waals surface area contributed by atoms with Gasteiger partial charge in [0.1, 0.15) is 0 Å². The first kappa shape index (κ1) is 13.5. The highest BCUT2D eigenvalue weighted by Crippen LogP contribution is 2.22. The first-order valence-electron chi connectivity index (χ1n) is 6.83. The van der Waals surface area contributed by atoms with E-state index in [0.29, 0.717) is 12.0 Å². The number of hydrogen-bond donors (Lipinski definition) is 1. The average Bonchev–Trinajstić information content (AvgIpc) is 2.42. The van der Waals surface area contributed by atoms with Gasteiger partial charge in [-0.15, -0.1) is 0 Å². The molecule has 1 saturated heterocycles. The number of rotatable bonds is 5. The summed E-state index contributed by atoms with van der Waals surface area (Å²) < 4.78 is 5.40. The Labute approximate surface area is 110 Å². The van der Waals surface area contributed by atoms with E-state index < -0.39 is 0 Å². The van der Waals surface area contributed by atoms with Crippen molar-refractivity contribution in [3.8, 4) is 0 Å². The Balaban J connectivity index is 1.94. The van der Waals surface area contributed by atoms with Crippen molar-refractivity contribution in [3.63, 3.8) is 0 Å². The van der Waals surface area contributed by atoms with E-state index in [9.17, 15) is 0 Å². The summed E-state index contributed by atoms with van der Waals surface area (Å²) in [5.41, 5.74) is 1.38. The number of morpholine rings is 1. The van der Waals surface area contributed by atoms with E-state index in [1.54, 1.807) is 0 Å². The third-order valence-electron chi connectivity index (χ3n) is 3.69. The molecule has 0 unspecified atom stereocenters. The summed E-state index contributed by atoms with van der Waals surface area (Å²) in [5.74, 6) is 0.593.